The van der Waals surface area contributed by atoms with Crippen LogP contribution < -0.4 is 0 Å². The molecule has 0 saturated heterocycles. The molecule has 2 aromatic rings. The lowest BCUT2D eigenvalue weighted by Crippen LogP contribution is -2.50. The van der Waals surface area contributed by atoms with Crippen molar-refractivity contribution in [1.29, 1.82) is 0 Å². The zero-order valence-electron chi connectivity index (χ0n) is 24.9. The van der Waals surface area contributed by atoms with Crippen LogP contribution >= 0.6 is 11.8 Å². The number of thioether (sulfide) groups is 1. The lowest BCUT2D eigenvalue weighted by molar-refractivity contribution is -0.284. The fraction of sp³-hybridized carbons (Fsp3) is 0.606. The summed E-state index contributed by atoms with van der Waals surface area (Å²) >= 11 is 1.47. The van der Waals surface area contributed by atoms with Gasteiger partial charge in [0.15, 0.2) is 0 Å². The van der Waals surface area contributed by atoms with Crippen molar-refractivity contribution < 1.29 is 42.1 Å². The monoisotopic (exact) mass is 630 g/mol. The molecule has 0 bridgehead atoms. The molecule has 0 spiro atoms. The predicted octanol–water partition coefficient (Wildman–Crippen LogP) is 10.2. The molecule has 240 valence electrons. The van der Waals surface area contributed by atoms with Gasteiger partial charge in [0, 0.05) is 28.4 Å². The Hall–Kier alpha value is -2.49. The van der Waals surface area contributed by atoms with Gasteiger partial charge in [0.25, 0.3) is 0 Å². The van der Waals surface area contributed by atoms with Gasteiger partial charge in [-0.15, -0.1) is 11.8 Å². The number of carboxylic acids is 1. The Labute approximate surface area is 255 Å². The van der Waals surface area contributed by atoms with E-state index in [4.69, 9.17) is 0 Å². The number of rotatable bonds is 16. The summed E-state index contributed by atoms with van der Waals surface area (Å²) in [6, 6.07) is 11.4. The summed E-state index contributed by atoms with van der Waals surface area (Å²) < 4.78 is 66.1. The molecule has 0 fully saturated rings. The van der Waals surface area contributed by atoms with Crippen LogP contribution in [0, 0.1) is 5.41 Å². The number of alkyl halides is 5. The first-order chi connectivity index (χ1) is 20.2. The summed E-state index contributed by atoms with van der Waals surface area (Å²) in [7, 11) is 0. The fourth-order valence-electron chi connectivity index (χ4n) is 6.62. The molecule has 3 atom stereocenters. The average Bonchev–Trinajstić information content (AvgIpc) is 2.93. The molecule has 3 unspecified atom stereocenters. The number of phenols is 2. The minimum Gasteiger partial charge on any atom is -0.508 e. The molecule has 0 aromatic heterocycles. The summed E-state index contributed by atoms with van der Waals surface area (Å²) in [5.74, 6) is -6.11. The Morgan fingerprint density at radius 1 is 0.837 bits per heavy atom. The Balaban J connectivity index is 2.05. The van der Waals surface area contributed by atoms with Crippen molar-refractivity contribution in [1.82, 2.24) is 0 Å². The Bertz CT molecular complexity index is 1200. The fourth-order valence-corrected chi connectivity index (χ4v) is 7.96. The number of carbonyl (C=O) groups is 1. The third kappa shape index (κ3) is 8.17. The van der Waals surface area contributed by atoms with Crippen LogP contribution in [0.3, 0.4) is 0 Å². The molecule has 3 rings (SSSR count). The van der Waals surface area contributed by atoms with Crippen LogP contribution in [0.4, 0.5) is 22.0 Å². The molecule has 1 aliphatic rings. The van der Waals surface area contributed by atoms with Crippen molar-refractivity contribution in [3.63, 3.8) is 0 Å². The first-order valence-corrected chi connectivity index (χ1v) is 16.1. The minimum absolute atomic E-state index is 0.0284. The highest BCUT2D eigenvalue weighted by molar-refractivity contribution is 7.99. The molecule has 1 heterocycles. The number of aromatic hydroxyl groups is 2. The van der Waals surface area contributed by atoms with Crippen LogP contribution in [0.2, 0.25) is 0 Å². The van der Waals surface area contributed by atoms with Gasteiger partial charge in [-0.05, 0) is 54.7 Å². The normalized spacial score (nSPS) is 20.4. The highest BCUT2D eigenvalue weighted by Gasteiger charge is 2.58. The second kappa shape index (κ2) is 14.5. The number of hydrogen-bond acceptors (Lipinski definition) is 4. The number of carboxylic acid groups (broad SMARTS) is 1. The van der Waals surface area contributed by atoms with Crippen LogP contribution in [0.5, 0.6) is 11.5 Å². The van der Waals surface area contributed by atoms with Crippen molar-refractivity contribution in [3.8, 4) is 11.5 Å². The van der Waals surface area contributed by atoms with Gasteiger partial charge in [0.2, 0.25) is 0 Å². The first-order valence-electron chi connectivity index (χ1n) is 15.1. The van der Waals surface area contributed by atoms with Gasteiger partial charge in [-0.25, -0.2) is 0 Å². The maximum atomic E-state index is 13.8. The molecule has 43 heavy (non-hydrogen) atoms. The van der Waals surface area contributed by atoms with Crippen LogP contribution in [0.25, 0.3) is 0 Å². The van der Waals surface area contributed by atoms with Crippen LogP contribution in [-0.2, 0) is 10.2 Å². The number of hydrogen-bond donors (Lipinski definition) is 3. The molecule has 4 nitrogen and oxygen atoms in total. The summed E-state index contributed by atoms with van der Waals surface area (Å²) in [5, 5.41) is 31.2. The predicted molar refractivity (Wildman–Crippen MR) is 159 cm³/mol. The van der Waals surface area contributed by atoms with E-state index in [2.05, 4.69) is 6.92 Å². The zero-order chi connectivity index (χ0) is 31.9. The van der Waals surface area contributed by atoms with Crippen LogP contribution in [-0.4, -0.2) is 39.1 Å². The number of benzene rings is 2. The smallest absolute Gasteiger partial charge is 0.453 e. The van der Waals surface area contributed by atoms with Crippen molar-refractivity contribution in [3.05, 3.63) is 53.6 Å². The van der Waals surface area contributed by atoms with E-state index in [-0.39, 0.29) is 30.8 Å². The maximum Gasteiger partial charge on any atom is 0.453 e. The number of unbranched alkanes of at least 4 members (excludes halogenated alkanes) is 7. The van der Waals surface area contributed by atoms with Gasteiger partial charge in [0.1, 0.15) is 11.5 Å². The van der Waals surface area contributed by atoms with Gasteiger partial charge in [-0.2, -0.15) is 22.0 Å². The standard InChI is InChI=1S/C33H43F5O4S/c1-3-4-5-6-7-8-9-18-31(29(41)42,19-10-11-20-32(34,35)33(36,37)38)28-26-17-16-25(40)21-27(26)43-22-30(28,2)23-12-14-24(39)15-13-23/h12-17,21,28,39-40H,3-11,18-20,22H2,1-2H3,(H,41,42). The second-order valence-corrected chi connectivity index (χ2v) is 13.2. The molecule has 0 radical (unpaired) electrons. The molecule has 2 aromatic carbocycles. The van der Waals surface area contributed by atoms with E-state index in [0.717, 1.165) is 49.0 Å². The zero-order valence-corrected chi connectivity index (χ0v) is 25.7. The molecular weight excluding hydrogens is 587 g/mol. The van der Waals surface area contributed by atoms with E-state index in [1.54, 1.807) is 24.3 Å². The van der Waals surface area contributed by atoms with E-state index in [0.29, 0.717) is 17.7 Å². The SMILES string of the molecule is CCCCCCCCCC(CCCCC(F)(F)C(F)(F)F)(C(=O)O)C1c2ccc(O)cc2SCC1(C)c1ccc(O)cc1. The number of aliphatic carboxylic acids is 1. The third-order valence-corrected chi connectivity index (χ3v) is 10.4. The van der Waals surface area contributed by atoms with Gasteiger partial charge in [-0.3, -0.25) is 4.79 Å². The highest BCUT2D eigenvalue weighted by atomic mass is 32.2. The topological polar surface area (TPSA) is 77.8 Å². The van der Waals surface area contributed by atoms with Gasteiger partial charge >= 0.3 is 18.1 Å². The highest BCUT2D eigenvalue weighted by Crippen LogP contribution is 2.60. The van der Waals surface area contributed by atoms with Gasteiger partial charge in [-0.1, -0.05) is 83.4 Å². The first kappa shape index (κ1) is 35.0. The Morgan fingerprint density at radius 3 is 1.95 bits per heavy atom. The maximum absolute atomic E-state index is 13.8. The second-order valence-electron chi connectivity index (χ2n) is 12.2. The molecule has 0 amide bonds. The molecule has 0 saturated carbocycles. The number of fused-ring (bicyclic) bond motifs is 1. The average molecular weight is 631 g/mol. The molecule has 0 aliphatic carbocycles. The quantitative estimate of drug-likeness (QED) is 0.127. The number of halogens is 5. The molecule has 3 N–H and O–H groups in total. The summed E-state index contributed by atoms with van der Waals surface area (Å²) in [5.41, 5.74) is -0.778. The van der Waals surface area contributed by atoms with Gasteiger partial charge < -0.3 is 15.3 Å². The molecular formula is C33H43F5O4S. The minimum atomic E-state index is -5.66. The molecule has 1 aliphatic heterocycles. The van der Waals surface area contributed by atoms with Gasteiger partial charge in [0.05, 0.1) is 5.41 Å². The van der Waals surface area contributed by atoms with Crippen molar-refractivity contribution >= 4 is 17.7 Å². The van der Waals surface area contributed by atoms with E-state index in [9.17, 15) is 42.1 Å². The van der Waals surface area contributed by atoms with Crippen LogP contribution in [0.1, 0.15) is 108 Å². The molecule has 10 heteroatoms. The lowest BCUT2D eigenvalue weighted by Gasteiger charge is -2.51. The van der Waals surface area contributed by atoms with E-state index in [1.165, 1.54) is 30.0 Å². The summed E-state index contributed by atoms with van der Waals surface area (Å²) in [6.07, 6.45) is -0.886. The van der Waals surface area contributed by atoms with Crippen LogP contribution in [0.15, 0.2) is 47.4 Å². The van der Waals surface area contributed by atoms with E-state index < -0.39 is 47.7 Å². The lowest BCUT2D eigenvalue weighted by atomic mass is 9.55. The third-order valence-electron chi connectivity index (χ3n) is 8.98. The Morgan fingerprint density at radius 2 is 1.37 bits per heavy atom. The Kier molecular flexibility index (Phi) is 11.8. The van der Waals surface area contributed by atoms with Crippen molar-refractivity contribution in [2.45, 2.75) is 119 Å². The summed E-state index contributed by atoms with van der Waals surface area (Å²) in [4.78, 5) is 14.2. The van der Waals surface area contributed by atoms with Crippen molar-refractivity contribution in [2.75, 3.05) is 5.75 Å². The largest absolute Gasteiger partial charge is 0.508 e. The van der Waals surface area contributed by atoms with E-state index >= 15 is 0 Å². The van der Waals surface area contributed by atoms with Crippen molar-refractivity contribution in [2.24, 2.45) is 5.41 Å². The number of phenolic OH excluding ortho intramolecular Hbond substituents is 2. The summed E-state index contributed by atoms with van der Waals surface area (Å²) in [6.45, 7) is 4.07. The van der Waals surface area contributed by atoms with E-state index in [1.807, 2.05) is 6.92 Å².